The molecule has 1 heterocycles. The standard InChI is InChI=1S/C13H19NO8/c1-3-4-19-12(18)14-9(11(16)17)8-20-10(15)7-13(2)21-5-6-22-13/h3,9H,1,4-8H2,2H3,(H,14,18)(H,16,17)/t9-/m0/s1. The number of alkyl carbamates (subject to hydrolysis) is 1. The molecule has 0 unspecified atom stereocenters. The highest BCUT2D eigenvalue weighted by Crippen LogP contribution is 2.22. The van der Waals surface area contributed by atoms with Crippen molar-refractivity contribution in [2.45, 2.75) is 25.2 Å². The molecule has 0 aliphatic carbocycles. The highest BCUT2D eigenvalue weighted by atomic mass is 16.7. The number of amides is 1. The molecule has 1 fully saturated rings. The lowest BCUT2D eigenvalue weighted by Crippen LogP contribution is -2.45. The van der Waals surface area contributed by atoms with Crippen molar-refractivity contribution in [3.63, 3.8) is 0 Å². The number of aliphatic carboxylic acids is 1. The topological polar surface area (TPSA) is 120 Å². The van der Waals surface area contributed by atoms with Gasteiger partial charge in [0.2, 0.25) is 0 Å². The number of ether oxygens (including phenoxy) is 4. The van der Waals surface area contributed by atoms with Gasteiger partial charge < -0.3 is 29.4 Å². The monoisotopic (exact) mass is 317 g/mol. The maximum absolute atomic E-state index is 11.7. The van der Waals surface area contributed by atoms with Crippen LogP contribution >= 0.6 is 0 Å². The Labute approximate surface area is 127 Å². The second-order valence-electron chi connectivity index (χ2n) is 4.61. The van der Waals surface area contributed by atoms with E-state index < -0.39 is 36.5 Å². The van der Waals surface area contributed by atoms with Crippen LogP contribution in [0, 0.1) is 0 Å². The van der Waals surface area contributed by atoms with Gasteiger partial charge in [-0.2, -0.15) is 0 Å². The van der Waals surface area contributed by atoms with Crippen LogP contribution in [0.1, 0.15) is 13.3 Å². The number of hydrogen-bond acceptors (Lipinski definition) is 7. The number of esters is 1. The van der Waals surface area contributed by atoms with Crippen molar-refractivity contribution in [3.05, 3.63) is 12.7 Å². The average molecular weight is 317 g/mol. The van der Waals surface area contributed by atoms with E-state index in [9.17, 15) is 14.4 Å². The van der Waals surface area contributed by atoms with Crippen molar-refractivity contribution in [1.82, 2.24) is 5.32 Å². The van der Waals surface area contributed by atoms with Gasteiger partial charge in [-0.05, 0) is 6.92 Å². The Bertz CT molecular complexity index is 430. The minimum absolute atomic E-state index is 0.0645. The largest absolute Gasteiger partial charge is 0.480 e. The predicted molar refractivity (Wildman–Crippen MR) is 72.0 cm³/mol. The van der Waals surface area contributed by atoms with Crippen molar-refractivity contribution < 1.29 is 38.4 Å². The Morgan fingerprint density at radius 3 is 2.55 bits per heavy atom. The molecule has 0 radical (unpaired) electrons. The Balaban J connectivity index is 2.40. The van der Waals surface area contributed by atoms with Crippen molar-refractivity contribution >= 4 is 18.0 Å². The molecule has 1 saturated heterocycles. The van der Waals surface area contributed by atoms with Gasteiger partial charge in [0.05, 0.1) is 19.6 Å². The van der Waals surface area contributed by atoms with Gasteiger partial charge in [0, 0.05) is 0 Å². The predicted octanol–water partition coefficient (Wildman–Crippen LogP) is 0.0481. The van der Waals surface area contributed by atoms with Crippen LogP contribution in [-0.4, -0.2) is 61.4 Å². The average Bonchev–Trinajstić information content (AvgIpc) is 2.87. The normalized spacial score (nSPS) is 17.3. The first-order chi connectivity index (χ1) is 10.4. The third-order valence-electron chi connectivity index (χ3n) is 2.70. The number of nitrogens with one attached hydrogen (secondary N) is 1. The maximum atomic E-state index is 11.7. The second-order valence-corrected chi connectivity index (χ2v) is 4.61. The smallest absolute Gasteiger partial charge is 0.408 e. The van der Waals surface area contributed by atoms with Crippen molar-refractivity contribution in [3.8, 4) is 0 Å². The van der Waals surface area contributed by atoms with Crippen LogP contribution in [0.3, 0.4) is 0 Å². The van der Waals surface area contributed by atoms with Gasteiger partial charge in [0.1, 0.15) is 13.2 Å². The summed E-state index contributed by atoms with van der Waals surface area (Å²) < 4.78 is 19.9. The van der Waals surface area contributed by atoms with E-state index in [1.165, 1.54) is 6.08 Å². The zero-order chi connectivity index (χ0) is 16.6. The van der Waals surface area contributed by atoms with Gasteiger partial charge in [0.15, 0.2) is 11.8 Å². The van der Waals surface area contributed by atoms with Gasteiger partial charge in [-0.15, -0.1) is 0 Å². The molecular formula is C13H19NO8. The number of hydrogen-bond donors (Lipinski definition) is 2. The Kier molecular flexibility index (Phi) is 6.80. The summed E-state index contributed by atoms with van der Waals surface area (Å²) in [5.74, 6) is -3.12. The van der Waals surface area contributed by atoms with Crippen LogP contribution in [-0.2, 0) is 28.5 Å². The van der Waals surface area contributed by atoms with E-state index in [1.54, 1.807) is 6.92 Å². The second kappa shape index (κ2) is 8.35. The number of carbonyl (C=O) groups is 3. The molecule has 124 valence electrons. The fraction of sp³-hybridized carbons (Fsp3) is 0.615. The molecule has 1 rings (SSSR count). The summed E-state index contributed by atoms with van der Waals surface area (Å²) in [5.41, 5.74) is 0. The zero-order valence-electron chi connectivity index (χ0n) is 12.2. The van der Waals surface area contributed by atoms with E-state index in [0.29, 0.717) is 13.2 Å². The molecule has 0 aromatic heterocycles. The summed E-state index contributed by atoms with van der Waals surface area (Å²) in [6.07, 6.45) is 0.204. The molecule has 1 aliphatic rings. The van der Waals surface area contributed by atoms with E-state index in [-0.39, 0.29) is 13.0 Å². The first-order valence-electron chi connectivity index (χ1n) is 6.57. The number of carboxylic acid groups (broad SMARTS) is 1. The zero-order valence-corrected chi connectivity index (χ0v) is 12.2. The van der Waals surface area contributed by atoms with Gasteiger partial charge in [-0.3, -0.25) is 4.79 Å². The van der Waals surface area contributed by atoms with E-state index >= 15 is 0 Å². The molecule has 22 heavy (non-hydrogen) atoms. The molecule has 0 aromatic carbocycles. The van der Waals surface area contributed by atoms with E-state index in [2.05, 4.69) is 16.6 Å². The third kappa shape index (κ3) is 6.10. The first-order valence-corrected chi connectivity index (χ1v) is 6.57. The van der Waals surface area contributed by atoms with Crippen LogP contribution in [0.15, 0.2) is 12.7 Å². The van der Waals surface area contributed by atoms with E-state index in [1.807, 2.05) is 0 Å². The summed E-state index contributed by atoms with van der Waals surface area (Å²) in [6, 6.07) is -1.42. The summed E-state index contributed by atoms with van der Waals surface area (Å²) >= 11 is 0. The fourth-order valence-corrected chi connectivity index (χ4v) is 1.64. The van der Waals surface area contributed by atoms with Gasteiger partial charge in [-0.1, -0.05) is 12.7 Å². The molecule has 0 bridgehead atoms. The molecule has 1 amide bonds. The highest BCUT2D eigenvalue weighted by molar-refractivity contribution is 5.80. The van der Waals surface area contributed by atoms with Crippen molar-refractivity contribution in [2.75, 3.05) is 26.4 Å². The maximum Gasteiger partial charge on any atom is 0.408 e. The highest BCUT2D eigenvalue weighted by Gasteiger charge is 2.35. The Morgan fingerprint density at radius 2 is 2.00 bits per heavy atom. The lowest BCUT2D eigenvalue weighted by Gasteiger charge is -2.21. The summed E-state index contributed by atoms with van der Waals surface area (Å²) in [7, 11) is 0. The lowest BCUT2D eigenvalue weighted by atomic mass is 10.2. The van der Waals surface area contributed by atoms with Crippen LogP contribution in [0.2, 0.25) is 0 Å². The summed E-state index contributed by atoms with van der Waals surface area (Å²) in [6.45, 7) is 5.08. The quantitative estimate of drug-likeness (QED) is 0.476. The van der Waals surface area contributed by atoms with Gasteiger partial charge >= 0.3 is 18.0 Å². The first kappa shape index (κ1) is 17.9. The minimum atomic E-state index is -1.42. The molecule has 1 atom stereocenters. The van der Waals surface area contributed by atoms with E-state index in [0.717, 1.165) is 0 Å². The number of carboxylic acids is 1. The lowest BCUT2D eigenvalue weighted by molar-refractivity contribution is -0.175. The summed E-state index contributed by atoms with van der Waals surface area (Å²) in [4.78, 5) is 33.9. The fourth-order valence-electron chi connectivity index (χ4n) is 1.64. The summed E-state index contributed by atoms with van der Waals surface area (Å²) in [5, 5.41) is 11.0. The SMILES string of the molecule is C=CCOC(=O)N[C@@H](COC(=O)CC1(C)OCCO1)C(=O)O. The van der Waals surface area contributed by atoms with E-state index in [4.69, 9.17) is 19.3 Å². The molecule has 1 aliphatic heterocycles. The molecule has 0 aromatic rings. The van der Waals surface area contributed by atoms with Gasteiger partial charge in [-0.25, -0.2) is 9.59 Å². The molecule has 9 heteroatoms. The van der Waals surface area contributed by atoms with Crippen molar-refractivity contribution in [1.29, 1.82) is 0 Å². The molecule has 9 nitrogen and oxygen atoms in total. The van der Waals surface area contributed by atoms with Crippen LogP contribution in [0.5, 0.6) is 0 Å². The minimum Gasteiger partial charge on any atom is -0.480 e. The third-order valence-corrected chi connectivity index (χ3v) is 2.70. The van der Waals surface area contributed by atoms with Crippen LogP contribution < -0.4 is 5.32 Å². The molecule has 2 N–H and O–H groups in total. The van der Waals surface area contributed by atoms with Crippen LogP contribution in [0.25, 0.3) is 0 Å². The molecule has 0 spiro atoms. The molecular weight excluding hydrogens is 298 g/mol. The molecule has 0 saturated carbocycles. The number of rotatable bonds is 8. The van der Waals surface area contributed by atoms with Gasteiger partial charge in [0.25, 0.3) is 0 Å². The Hall–Kier alpha value is -2.13. The van der Waals surface area contributed by atoms with Crippen molar-refractivity contribution in [2.24, 2.45) is 0 Å². The van der Waals surface area contributed by atoms with Crippen LogP contribution in [0.4, 0.5) is 4.79 Å². The number of carbonyl (C=O) groups excluding carboxylic acids is 2. The Morgan fingerprint density at radius 1 is 1.36 bits per heavy atom.